The standard InChI is InChI=1S/C10H14N4S/c1-10(2,11)9-13-8(6-15-9)7-4-12-14(3)5-7/h4-6H,11H2,1-3H3. The molecule has 5 heteroatoms. The zero-order valence-corrected chi connectivity index (χ0v) is 9.88. The van der Waals surface area contributed by atoms with Crippen molar-refractivity contribution in [2.45, 2.75) is 19.4 Å². The Kier molecular flexibility index (Phi) is 2.36. The summed E-state index contributed by atoms with van der Waals surface area (Å²) in [5.41, 5.74) is 7.59. The fourth-order valence-electron chi connectivity index (χ4n) is 1.26. The summed E-state index contributed by atoms with van der Waals surface area (Å²) in [6.45, 7) is 3.91. The van der Waals surface area contributed by atoms with Crippen LogP contribution >= 0.6 is 11.3 Å². The van der Waals surface area contributed by atoms with Crippen molar-refractivity contribution >= 4 is 11.3 Å². The van der Waals surface area contributed by atoms with Crippen LogP contribution in [0.1, 0.15) is 18.9 Å². The molecule has 2 aromatic heterocycles. The Balaban J connectivity index is 2.36. The molecule has 0 atom stereocenters. The summed E-state index contributed by atoms with van der Waals surface area (Å²) in [6.07, 6.45) is 3.75. The highest BCUT2D eigenvalue weighted by molar-refractivity contribution is 7.10. The van der Waals surface area contributed by atoms with Crippen molar-refractivity contribution < 1.29 is 0 Å². The van der Waals surface area contributed by atoms with Crippen LogP contribution in [0.25, 0.3) is 11.3 Å². The molecule has 0 saturated carbocycles. The Labute approximate surface area is 92.8 Å². The first-order chi connectivity index (χ1) is 6.97. The molecule has 2 rings (SSSR count). The summed E-state index contributed by atoms with van der Waals surface area (Å²) in [4.78, 5) is 4.51. The molecule has 2 aromatic rings. The van der Waals surface area contributed by atoms with E-state index in [-0.39, 0.29) is 5.54 Å². The maximum atomic E-state index is 5.98. The molecule has 0 fully saturated rings. The minimum atomic E-state index is -0.370. The molecular formula is C10H14N4S. The van der Waals surface area contributed by atoms with Crippen LogP contribution in [0.2, 0.25) is 0 Å². The van der Waals surface area contributed by atoms with Gasteiger partial charge in [-0.2, -0.15) is 5.10 Å². The number of aryl methyl sites for hydroxylation is 1. The SMILES string of the molecule is Cn1cc(-c2csc(C(C)(C)N)n2)cn1. The summed E-state index contributed by atoms with van der Waals surface area (Å²) < 4.78 is 1.77. The molecule has 2 N–H and O–H groups in total. The Hall–Kier alpha value is -1.20. The van der Waals surface area contributed by atoms with E-state index in [0.29, 0.717) is 0 Å². The molecule has 0 radical (unpaired) electrons. The first kappa shape index (κ1) is 10.3. The third-order valence-corrected chi connectivity index (χ3v) is 3.24. The van der Waals surface area contributed by atoms with Crippen molar-refractivity contribution in [3.63, 3.8) is 0 Å². The van der Waals surface area contributed by atoms with Crippen LogP contribution in [-0.2, 0) is 12.6 Å². The Bertz CT molecular complexity index is 464. The van der Waals surface area contributed by atoms with Crippen LogP contribution in [0.4, 0.5) is 0 Å². The van der Waals surface area contributed by atoms with E-state index in [9.17, 15) is 0 Å². The van der Waals surface area contributed by atoms with E-state index in [1.807, 2.05) is 38.7 Å². The van der Waals surface area contributed by atoms with Gasteiger partial charge >= 0.3 is 0 Å². The van der Waals surface area contributed by atoms with Gasteiger partial charge in [0.25, 0.3) is 0 Å². The van der Waals surface area contributed by atoms with Crippen LogP contribution in [-0.4, -0.2) is 14.8 Å². The van der Waals surface area contributed by atoms with Crippen LogP contribution in [0.3, 0.4) is 0 Å². The Morgan fingerprint density at radius 3 is 2.67 bits per heavy atom. The van der Waals surface area contributed by atoms with E-state index in [2.05, 4.69) is 10.1 Å². The fraction of sp³-hybridized carbons (Fsp3) is 0.400. The second-order valence-corrected chi connectivity index (χ2v) is 5.02. The molecule has 4 nitrogen and oxygen atoms in total. The molecule has 0 bridgehead atoms. The molecule has 0 unspecified atom stereocenters. The number of hydrogen-bond acceptors (Lipinski definition) is 4. The molecule has 0 aliphatic heterocycles. The first-order valence-electron chi connectivity index (χ1n) is 4.71. The fourth-order valence-corrected chi connectivity index (χ4v) is 2.12. The number of hydrogen-bond donors (Lipinski definition) is 1. The first-order valence-corrected chi connectivity index (χ1v) is 5.59. The van der Waals surface area contributed by atoms with Gasteiger partial charge in [-0.3, -0.25) is 4.68 Å². The highest BCUT2D eigenvalue weighted by atomic mass is 32.1. The van der Waals surface area contributed by atoms with Gasteiger partial charge in [0.2, 0.25) is 0 Å². The third kappa shape index (κ3) is 2.08. The van der Waals surface area contributed by atoms with Crippen molar-refractivity contribution in [1.82, 2.24) is 14.8 Å². The van der Waals surface area contributed by atoms with Crippen LogP contribution in [0.5, 0.6) is 0 Å². The van der Waals surface area contributed by atoms with Gasteiger partial charge in [0.1, 0.15) is 5.01 Å². The normalized spacial score (nSPS) is 12.0. The van der Waals surface area contributed by atoms with Crippen LogP contribution in [0.15, 0.2) is 17.8 Å². The zero-order chi connectivity index (χ0) is 11.1. The topological polar surface area (TPSA) is 56.7 Å². The van der Waals surface area contributed by atoms with Gasteiger partial charge in [-0.1, -0.05) is 0 Å². The molecule has 0 aromatic carbocycles. The lowest BCUT2D eigenvalue weighted by Gasteiger charge is -2.13. The lowest BCUT2D eigenvalue weighted by Crippen LogP contribution is -2.28. The second kappa shape index (κ2) is 3.43. The van der Waals surface area contributed by atoms with Crippen molar-refractivity contribution in [2.75, 3.05) is 0 Å². The Morgan fingerprint density at radius 2 is 2.20 bits per heavy atom. The van der Waals surface area contributed by atoms with Gasteiger partial charge in [0.05, 0.1) is 17.4 Å². The van der Waals surface area contributed by atoms with Crippen LogP contribution < -0.4 is 5.73 Å². The Morgan fingerprint density at radius 1 is 1.47 bits per heavy atom. The van der Waals surface area contributed by atoms with Gasteiger partial charge in [-0.15, -0.1) is 11.3 Å². The minimum Gasteiger partial charge on any atom is -0.320 e. The molecule has 0 saturated heterocycles. The molecule has 0 amide bonds. The van der Waals surface area contributed by atoms with Crippen molar-refractivity contribution in [1.29, 1.82) is 0 Å². The molecule has 0 spiro atoms. The number of nitrogens with zero attached hydrogens (tertiary/aromatic N) is 3. The molecule has 0 aliphatic carbocycles. The smallest absolute Gasteiger partial charge is 0.113 e. The number of thiazole rings is 1. The van der Waals surface area contributed by atoms with Crippen molar-refractivity contribution in [3.8, 4) is 11.3 Å². The van der Waals surface area contributed by atoms with Gasteiger partial charge in [0.15, 0.2) is 0 Å². The molecular weight excluding hydrogens is 208 g/mol. The summed E-state index contributed by atoms with van der Waals surface area (Å²) in [7, 11) is 1.89. The lowest BCUT2D eigenvalue weighted by molar-refractivity contribution is 0.551. The lowest BCUT2D eigenvalue weighted by atomic mass is 10.1. The van der Waals surface area contributed by atoms with E-state index in [0.717, 1.165) is 16.3 Å². The molecule has 80 valence electrons. The monoisotopic (exact) mass is 222 g/mol. The van der Waals surface area contributed by atoms with Crippen molar-refractivity contribution in [3.05, 3.63) is 22.8 Å². The quantitative estimate of drug-likeness (QED) is 0.842. The molecule has 15 heavy (non-hydrogen) atoms. The van der Waals surface area contributed by atoms with Crippen LogP contribution in [0, 0.1) is 0 Å². The average Bonchev–Trinajstić information content (AvgIpc) is 2.69. The van der Waals surface area contributed by atoms with E-state index < -0.39 is 0 Å². The summed E-state index contributed by atoms with van der Waals surface area (Å²) in [6, 6.07) is 0. The highest BCUT2D eigenvalue weighted by Crippen LogP contribution is 2.26. The van der Waals surface area contributed by atoms with E-state index >= 15 is 0 Å². The predicted octanol–water partition coefficient (Wildman–Crippen LogP) is 1.74. The summed E-state index contributed by atoms with van der Waals surface area (Å²) >= 11 is 1.59. The largest absolute Gasteiger partial charge is 0.320 e. The summed E-state index contributed by atoms with van der Waals surface area (Å²) in [5, 5.41) is 7.08. The number of rotatable bonds is 2. The predicted molar refractivity (Wildman–Crippen MR) is 61.5 cm³/mol. The maximum Gasteiger partial charge on any atom is 0.113 e. The van der Waals surface area contributed by atoms with E-state index in [1.54, 1.807) is 16.0 Å². The zero-order valence-electron chi connectivity index (χ0n) is 9.06. The maximum absolute atomic E-state index is 5.98. The molecule has 0 aliphatic rings. The second-order valence-electron chi connectivity index (χ2n) is 4.16. The minimum absolute atomic E-state index is 0.370. The van der Waals surface area contributed by atoms with Gasteiger partial charge < -0.3 is 5.73 Å². The van der Waals surface area contributed by atoms with Gasteiger partial charge in [0, 0.05) is 24.2 Å². The van der Waals surface area contributed by atoms with Gasteiger partial charge in [-0.25, -0.2) is 4.98 Å². The van der Waals surface area contributed by atoms with Crippen molar-refractivity contribution in [2.24, 2.45) is 12.8 Å². The third-order valence-electron chi connectivity index (χ3n) is 2.06. The highest BCUT2D eigenvalue weighted by Gasteiger charge is 2.19. The average molecular weight is 222 g/mol. The number of nitrogens with two attached hydrogens (primary N) is 1. The van der Waals surface area contributed by atoms with E-state index in [1.165, 1.54) is 0 Å². The summed E-state index contributed by atoms with van der Waals surface area (Å²) in [5.74, 6) is 0. The van der Waals surface area contributed by atoms with E-state index in [4.69, 9.17) is 5.73 Å². The van der Waals surface area contributed by atoms with Gasteiger partial charge in [-0.05, 0) is 13.8 Å². The molecule has 2 heterocycles. The number of aromatic nitrogens is 3.